The third-order valence-corrected chi connectivity index (χ3v) is 6.21. The molecule has 0 saturated heterocycles. The number of carbonyl (C=O) groups excluding carboxylic acids is 1. The molecule has 0 radical (unpaired) electrons. The van der Waals surface area contributed by atoms with E-state index in [0.29, 0.717) is 11.9 Å². The molecule has 2 fully saturated rings. The summed E-state index contributed by atoms with van der Waals surface area (Å²) in [6, 6.07) is 13.1. The number of aromatic nitrogens is 2. The molecule has 0 unspecified atom stereocenters. The van der Waals surface area contributed by atoms with E-state index in [0.717, 1.165) is 40.7 Å². The first-order valence-corrected chi connectivity index (χ1v) is 10.5. The van der Waals surface area contributed by atoms with Crippen LogP contribution in [0.4, 0.5) is 11.5 Å². The number of carbonyl (C=O) groups is 1. The fourth-order valence-electron chi connectivity index (χ4n) is 3.27. The molecular weight excluding hydrogens is 370 g/mol. The molecule has 0 aliphatic heterocycles. The van der Waals surface area contributed by atoms with E-state index in [1.807, 2.05) is 18.3 Å². The molecule has 144 valence electrons. The van der Waals surface area contributed by atoms with Crippen molar-refractivity contribution < 1.29 is 4.79 Å². The molecule has 3 N–H and O–H groups in total. The van der Waals surface area contributed by atoms with Gasteiger partial charge < -0.3 is 15.0 Å². The van der Waals surface area contributed by atoms with Crippen molar-refractivity contribution in [1.29, 1.82) is 0 Å². The minimum absolute atomic E-state index is 0.0701. The molecule has 1 aromatic carbocycles. The van der Waals surface area contributed by atoms with Crippen molar-refractivity contribution in [2.24, 2.45) is 5.92 Å². The summed E-state index contributed by atoms with van der Waals surface area (Å²) in [6.07, 6.45) is 6.42. The number of pyridine rings is 1. The molecule has 3 aromatic rings. The summed E-state index contributed by atoms with van der Waals surface area (Å²) in [6.45, 7) is 0. The van der Waals surface area contributed by atoms with Gasteiger partial charge in [0.2, 0.25) is 5.91 Å². The molecule has 7 heteroatoms. The molecule has 2 saturated carbocycles. The predicted octanol–water partition coefficient (Wildman–Crippen LogP) is 4.65. The van der Waals surface area contributed by atoms with Gasteiger partial charge in [-0.1, -0.05) is 12.1 Å². The molecule has 28 heavy (non-hydrogen) atoms. The SMILES string of the molecule is CN(SNc1ccc(-c2cc(NC(=O)C3CC3)nc3[nH]ccc23)cc1)C1CC1. The highest BCUT2D eigenvalue weighted by Gasteiger charge is 2.30. The zero-order valence-electron chi connectivity index (χ0n) is 15.7. The summed E-state index contributed by atoms with van der Waals surface area (Å²) >= 11 is 1.64. The predicted molar refractivity (Wildman–Crippen MR) is 115 cm³/mol. The number of hydrogen-bond acceptors (Lipinski definition) is 5. The van der Waals surface area contributed by atoms with Crippen LogP contribution in [0.2, 0.25) is 0 Å². The number of hydrogen-bond donors (Lipinski definition) is 3. The highest BCUT2D eigenvalue weighted by Crippen LogP contribution is 2.34. The number of H-pyrrole nitrogens is 1. The van der Waals surface area contributed by atoms with Crippen LogP contribution in [-0.2, 0) is 4.79 Å². The Morgan fingerprint density at radius 1 is 1.18 bits per heavy atom. The molecule has 6 nitrogen and oxygen atoms in total. The van der Waals surface area contributed by atoms with Crippen LogP contribution in [0.1, 0.15) is 25.7 Å². The largest absolute Gasteiger partial charge is 0.346 e. The Kier molecular flexibility index (Phi) is 4.49. The minimum Gasteiger partial charge on any atom is -0.346 e. The summed E-state index contributed by atoms with van der Waals surface area (Å²) in [5.74, 6) is 0.826. The summed E-state index contributed by atoms with van der Waals surface area (Å²) in [7, 11) is 2.13. The Morgan fingerprint density at radius 3 is 2.68 bits per heavy atom. The summed E-state index contributed by atoms with van der Waals surface area (Å²) in [4.78, 5) is 19.9. The lowest BCUT2D eigenvalue weighted by molar-refractivity contribution is -0.117. The summed E-state index contributed by atoms with van der Waals surface area (Å²) in [5, 5.41) is 4.01. The van der Waals surface area contributed by atoms with Crippen molar-refractivity contribution in [3.8, 4) is 11.1 Å². The van der Waals surface area contributed by atoms with Crippen molar-refractivity contribution >= 4 is 40.6 Å². The van der Waals surface area contributed by atoms with E-state index < -0.39 is 0 Å². The fourth-order valence-corrected chi connectivity index (χ4v) is 4.01. The highest BCUT2D eigenvalue weighted by atomic mass is 32.2. The van der Waals surface area contributed by atoms with Crippen molar-refractivity contribution in [2.45, 2.75) is 31.7 Å². The lowest BCUT2D eigenvalue weighted by Crippen LogP contribution is -2.14. The number of nitrogens with zero attached hydrogens (tertiary/aromatic N) is 2. The molecule has 2 aromatic heterocycles. The number of anilines is 2. The highest BCUT2D eigenvalue weighted by molar-refractivity contribution is 7.98. The second-order valence-corrected chi connectivity index (χ2v) is 8.57. The van der Waals surface area contributed by atoms with Crippen molar-refractivity contribution in [2.75, 3.05) is 17.1 Å². The maximum absolute atomic E-state index is 12.1. The first-order valence-electron chi connectivity index (χ1n) is 9.72. The Hall–Kier alpha value is -2.51. The molecular formula is C21H23N5OS. The molecule has 0 bridgehead atoms. The van der Waals surface area contributed by atoms with Gasteiger partial charge in [0.15, 0.2) is 0 Å². The lowest BCUT2D eigenvalue weighted by Gasteiger charge is -2.15. The van der Waals surface area contributed by atoms with E-state index in [1.54, 1.807) is 12.1 Å². The number of amides is 1. The Balaban J connectivity index is 1.38. The smallest absolute Gasteiger partial charge is 0.228 e. The maximum atomic E-state index is 12.1. The quantitative estimate of drug-likeness (QED) is 0.510. The van der Waals surface area contributed by atoms with Crippen LogP contribution in [0, 0.1) is 5.92 Å². The van der Waals surface area contributed by atoms with E-state index in [2.05, 4.69) is 55.6 Å². The van der Waals surface area contributed by atoms with Gasteiger partial charge in [0.25, 0.3) is 0 Å². The lowest BCUT2D eigenvalue weighted by atomic mass is 10.0. The number of benzene rings is 1. The Labute approximate surface area is 168 Å². The third kappa shape index (κ3) is 3.72. The Morgan fingerprint density at radius 2 is 1.96 bits per heavy atom. The molecule has 0 spiro atoms. The number of rotatable bonds is 7. The van der Waals surface area contributed by atoms with E-state index in [1.165, 1.54) is 12.8 Å². The second kappa shape index (κ2) is 7.14. The van der Waals surface area contributed by atoms with Crippen LogP contribution in [0.3, 0.4) is 0 Å². The molecule has 0 atom stereocenters. The standard InChI is InChI=1S/C21H23N5OS/c1-26(16-8-9-16)28-25-15-6-4-13(5-7-15)18-12-19(24-21(27)14-2-3-14)23-20-17(18)10-11-22-20/h4-7,10-12,14,16,25H,2-3,8-9H2,1H3,(H2,22,23,24,27). The summed E-state index contributed by atoms with van der Waals surface area (Å²) in [5.41, 5.74) is 4.02. The number of fused-ring (bicyclic) bond motifs is 1. The van der Waals surface area contributed by atoms with Gasteiger partial charge in [0, 0.05) is 41.4 Å². The van der Waals surface area contributed by atoms with E-state index in [4.69, 9.17) is 0 Å². The molecule has 2 aliphatic carbocycles. The topological polar surface area (TPSA) is 73.0 Å². The van der Waals surface area contributed by atoms with Gasteiger partial charge in [-0.3, -0.25) is 4.79 Å². The zero-order chi connectivity index (χ0) is 19.1. The van der Waals surface area contributed by atoms with E-state index in [-0.39, 0.29) is 11.8 Å². The number of aromatic amines is 1. The van der Waals surface area contributed by atoms with Gasteiger partial charge in [0.1, 0.15) is 11.5 Å². The normalized spacial score (nSPS) is 16.5. The Bertz CT molecular complexity index is 1010. The van der Waals surface area contributed by atoms with Gasteiger partial charge in [0.05, 0.1) is 0 Å². The van der Waals surface area contributed by atoms with Gasteiger partial charge in [-0.05, 0) is 68.1 Å². The summed E-state index contributed by atoms with van der Waals surface area (Å²) < 4.78 is 5.67. The van der Waals surface area contributed by atoms with E-state index >= 15 is 0 Å². The maximum Gasteiger partial charge on any atom is 0.228 e. The second-order valence-electron chi connectivity index (χ2n) is 7.61. The average molecular weight is 394 g/mol. The van der Waals surface area contributed by atoms with Crippen LogP contribution in [-0.4, -0.2) is 33.3 Å². The van der Waals surface area contributed by atoms with Crippen LogP contribution in [0.5, 0.6) is 0 Å². The van der Waals surface area contributed by atoms with Gasteiger partial charge in [-0.15, -0.1) is 0 Å². The van der Waals surface area contributed by atoms with Gasteiger partial charge in [-0.2, -0.15) is 0 Å². The first kappa shape index (κ1) is 17.6. The molecule has 2 aliphatic rings. The third-order valence-electron chi connectivity index (χ3n) is 5.29. The van der Waals surface area contributed by atoms with Crippen molar-refractivity contribution in [1.82, 2.24) is 14.3 Å². The monoisotopic (exact) mass is 393 g/mol. The van der Waals surface area contributed by atoms with Crippen molar-refractivity contribution in [3.63, 3.8) is 0 Å². The molecule has 5 rings (SSSR count). The van der Waals surface area contributed by atoms with E-state index in [9.17, 15) is 4.79 Å². The van der Waals surface area contributed by atoms with Crippen LogP contribution >= 0.6 is 12.1 Å². The van der Waals surface area contributed by atoms with Crippen LogP contribution in [0.25, 0.3) is 22.2 Å². The minimum atomic E-state index is 0.0701. The first-order chi connectivity index (χ1) is 13.7. The van der Waals surface area contributed by atoms with Gasteiger partial charge in [-0.25, -0.2) is 9.29 Å². The van der Waals surface area contributed by atoms with Gasteiger partial charge >= 0.3 is 0 Å². The fraction of sp³-hybridized carbons (Fsp3) is 0.333. The zero-order valence-corrected chi connectivity index (χ0v) is 16.6. The van der Waals surface area contributed by atoms with Crippen LogP contribution in [0.15, 0.2) is 42.6 Å². The molecule has 2 heterocycles. The average Bonchev–Trinajstić information content (AvgIpc) is 3.62. The molecule has 1 amide bonds. The van der Waals surface area contributed by atoms with Crippen molar-refractivity contribution in [3.05, 3.63) is 42.6 Å². The van der Waals surface area contributed by atoms with Crippen LogP contribution < -0.4 is 10.0 Å². The number of nitrogens with one attached hydrogen (secondary N) is 3.